The Kier molecular flexibility index (Phi) is 2.97. The average molecular weight is 182 g/mol. The van der Waals surface area contributed by atoms with Gasteiger partial charge in [-0.1, -0.05) is 0 Å². The van der Waals surface area contributed by atoms with E-state index in [1.54, 1.807) is 0 Å². The molecule has 72 valence electrons. The molecule has 5 atom stereocenters. The SMILES string of the molecule is OCC1O[C@H](F)C(O)[C@H](O)[C@@H]1O. The summed E-state index contributed by atoms with van der Waals surface area (Å²) in [5.41, 5.74) is 0. The van der Waals surface area contributed by atoms with Gasteiger partial charge >= 0.3 is 0 Å². The zero-order valence-corrected chi connectivity index (χ0v) is 6.17. The van der Waals surface area contributed by atoms with Crippen molar-refractivity contribution in [3.8, 4) is 0 Å². The van der Waals surface area contributed by atoms with Crippen LogP contribution in [-0.4, -0.2) is 57.8 Å². The van der Waals surface area contributed by atoms with Gasteiger partial charge in [0.2, 0.25) is 6.36 Å². The molecule has 4 N–H and O–H groups in total. The van der Waals surface area contributed by atoms with Crippen molar-refractivity contribution in [1.82, 2.24) is 0 Å². The summed E-state index contributed by atoms with van der Waals surface area (Å²) in [5, 5.41) is 35.4. The lowest BCUT2D eigenvalue weighted by Gasteiger charge is -2.36. The average Bonchev–Trinajstić information content (AvgIpc) is 2.08. The van der Waals surface area contributed by atoms with E-state index in [0.29, 0.717) is 0 Å². The van der Waals surface area contributed by atoms with E-state index in [-0.39, 0.29) is 0 Å². The minimum absolute atomic E-state index is 0.606. The molecule has 0 radical (unpaired) electrons. The van der Waals surface area contributed by atoms with Crippen molar-refractivity contribution in [3.63, 3.8) is 0 Å². The van der Waals surface area contributed by atoms with E-state index in [1.807, 2.05) is 0 Å². The number of aliphatic hydroxyl groups is 4. The fraction of sp³-hybridized carbons (Fsp3) is 1.00. The van der Waals surface area contributed by atoms with Crippen molar-refractivity contribution in [3.05, 3.63) is 0 Å². The van der Waals surface area contributed by atoms with Gasteiger partial charge in [-0.3, -0.25) is 0 Å². The first-order valence-electron chi connectivity index (χ1n) is 3.52. The van der Waals surface area contributed by atoms with Crippen molar-refractivity contribution in [1.29, 1.82) is 0 Å². The molecule has 0 aromatic rings. The third-order valence-corrected chi connectivity index (χ3v) is 1.83. The van der Waals surface area contributed by atoms with Gasteiger partial charge in [0, 0.05) is 0 Å². The molecule has 0 amide bonds. The topological polar surface area (TPSA) is 90.2 Å². The van der Waals surface area contributed by atoms with Crippen LogP contribution in [0.15, 0.2) is 0 Å². The molecule has 0 saturated carbocycles. The minimum Gasteiger partial charge on any atom is -0.394 e. The summed E-state index contributed by atoms with van der Waals surface area (Å²) < 4.78 is 16.9. The van der Waals surface area contributed by atoms with Gasteiger partial charge in [-0.05, 0) is 0 Å². The van der Waals surface area contributed by atoms with E-state index in [4.69, 9.17) is 20.4 Å². The monoisotopic (exact) mass is 182 g/mol. The Morgan fingerprint density at radius 2 is 1.67 bits per heavy atom. The lowest BCUT2D eigenvalue weighted by molar-refractivity contribution is -0.262. The predicted octanol–water partition coefficient (Wildman–Crippen LogP) is -2.24. The summed E-state index contributed by atoms with van der Waals surface area (Å²) in [7, 11) is 0. The summed E-state index contributed by atoms with van der Waals surface area (Å²) >= 11 is 0. The van der Waals surface area contributed by atoms with E-state index >= 15 is 0 Å². The van der Waals surface area contributed by atoms with Crippen LogP contribution in [-0.2, 0) is 4.74 Å². The Hall–Kier alpha value is -0.270. The fourth-order valence-electron chi connectivity index (χ4n) is 1.06. The van der Waals surface area contributed by atoms with Crippen molar-refractivity contribution in [2.75, 3.05) is 6.61 Å². The van der Waals surface area contributed by atoms with Gasteiger partial charge in [-0.25, -0.2) is 4.39 Å². The van der Waals surface area contributed by atoms with Crippen LogP contribution in [0.5, 0.6) is 0 Å². The van der Waals surface area contributed by atoms with Crippen LogP contribution in [0, 0.1) is 0 Å². The number of hydrogen-bond donors (Lipinski definition) is 4. The van der Waals surface area contributed by atoms with Crippen molar-refractivity contribution >= 4 is 0 Å². The Morgan fingerprint density at radius 1 is 1.08 bits per heavy atom. The lowest BCUT2D eigenvalue weighted by Crippen LogP contribution is -2.57. The first-order chi connectivity index (χ1) is 5.57. The first kappa shape index (κ1) is 9.82. The first-order valence-corrected chi connectivity index (χ1v) is 3.52. The van der Waals surface area contributed by atoms with E-state index in [2.05, 4.69) is 4.74 Å². The molecule has 0 aromatic heterocycles. The van der Waals surface area contributed by atoms with Crippen molar-refractivity contribution in [2.45, 2.75) is 30.8 Å². The van der Waals surface area contributed by atoms with Gasteiger partial charge in [0.1, 0.15) is 24.4 Å². The largest absolute Gasteiger partial charge is 0.394 e. The normalized spacial score (nSPS) is 49.2. The maximum absolute atomic E-state index is 12.6. The molecule has 1 saturated heterocycles. The lowest BCUT2D eigenvalue weighted by atomic mass is 10.00. The molecule has 6 heteroatoms. The second-order valence-corrected chi connectivity index (χ2v) is 2.68. The zero-order valence-electron chi connectivity index (χ0n) is 6.17. The Bertz CT molecular complexity index is 150. The molecule has 0 bridgehead atoms. The standard InChI is InChI=1S/C6H11FO5/c7-6-5(11)4(10)3(9)2(1-8)12-6/h2-6,8-11H,1H2/t2?,3-,4-,5?,6+/m1/s1. The Balaban J connectivity index is 2.63. The third kappa shape index (κ3) is 1.57. The van der Waals surface area contributed by atoms with E-state index < -0.39 is 37.4 Å². The molecule has 1 aliphatic heterocycles. The van der Waals surface area contributed by atoms with Crippen molar-refractivity contribution < 1.29 is 29.6 Å². The quantitative estimate of drug-likeness (QED) is 0.368. The molecule has 2 unspecified atom stereocenters. The summed E-state index contributed by atoms with van der Waals surface area (Å²) in [6.07, 6.45) is -8.09. The molecule has 1 aliphatic rings. The highest BCUT2D eigenvalue weighted by molar-refractivity contribution is 4.88. The van der Waals surface area contributed by atoms with Gasteiger partial charge in [-0.15, -0.1) is 0 Å². The van der Waals surface area contributed by atoms with Gasteiger partial charge in [-0.2, -0.15) is 0 Å². The molecular formula is C6H11FO5. The zero-order chi connectivity index (χ0) is 9.30. The molecule has 12 heavy (non-hydrogen) atoms. The molecule has 1 rings (SSSR count). The number of halogens is 1. The number of alkyl halides is 1. The maximum atomic E-state index is 12.6. The minimum atomic E-state index is -2.07. The Labute approximate surface area is 68.0 Å². The van der Waals surface area contributed by atoms with E-state index in [1.165, 1.54) is 0 Å². The van der Waals surface area contributed by atoms with Gasteiger partial charge in [0.25, 0.3) is 0 Å². The van der Waals surface area contributed by atoms with Crippen LogP contribution in [0.3, 0.4) is 0 Å². The smallest absolute Gasteiger partial charge is 0.228 e. The molecule has 1 fully saturated rings. The highest BCUT2D eigenvalue weighted by Crippen LogP contribution is 2.21. The van der Waals surface area contributed by atoms with Crippen LogP contribution in [0.1, 0.15) is 0 Å². The van der Waals surface area contributed by atoms with Crippen LogP contribution in [0.25, 0.3) is 0 Å². The highest BCUT2D eigenvalue weighted by atomic mass is 19.1. The molecule has 1 heterocycles. The molecule has 0 aliphatic carbocycles. The highest BCUT2D eigenvalue weighted by Gasteiger charge is 2.43. The molecular weight excluding hydrogens is 171 g/mol. The van der Waals surface area contributed by atoms with E-state index in [9.17, 15) is 4.39 Å². The summed E-state index contributed by atoms with van der Waals surface area (Å²) in [6.45, 7) is -0.606. The molecule has 0 aromatic carbocycles. The number of aliphatic hydroxyl groups excluding tert-OH is 4. The van der Waals surface area contributed by atoms with Crippen LogP contribution in [0.4, 0.5) is 4.39 Å². The summed E-state index contributed by atoms with van der Waals surface area (Å²) in [5.74, 6) is 0. The number of hydrogen-bond acceptors (Lipinski definition) is 5. The second-order valence-electron chi connectivity index (χ2n) is 2.68. The van der Waals surface area contributed by atoms with E-state index in [0.717, 1.165) is 0 Å². The van der Waals surface area contributed by atoms with Gasteiger partial charge in [0.05, 0.1) is 6.61 Å². The van der Waals surface area contributed by atoms with Gasteiger partial charge in [0.15, 0.2) is 0 Å². The number of rotatable bonds is 1. The molecule has 5 nitrogen and oxygen atoms in total. The predicted molar refractivity (Wildman–Crippen MR) is 34.9 cm³/mol. The van der Waals surface area contributed by atoms with Crippen molar-refractivity contribution in [2.24, 2.45) is 0 Å². The fourth-order valence-corrected chi connectivity index (χ4v) is 1.06. The summed E-state index contributed by atoms with van der Waals surface area (Å²) in [6, 6.07) is 0. The maximum Gasteiger partial charge on any atom is 0.228 e. The summed E-state index contributed by atoms with van der Waals surface area (Å²) in [4.78, 5) is 0. The van der Waals surface area contributed by atoms with Crippen LogP contribution in [0.2, 0.25) is 0 Å². The van der Waals surface area contributed by atoms with Crippen LogP contribution < -0.4 is 0 Å². The van der Waals surface area contributed by atoms with Crippen LogP contribution >= 0.6 is 0 Å². The Morgan fingerprint density at radius 3 is 2.17 bits per heavy atom. The second kappa shape index (κ2) is 3.63. The molecule has 0 spiro atoms. The van der Waals surface area contributed by atoms with Gasteiger partial charge < -0.3 is 25.2 Å². The number of ether oxygens (including phenoxy) is 1. The third-order valence-electron chi connectivity index (χ3n) is 1.83.